The summed E-state index contributed by atoms with van der Waals surface area (Å²) in [6, 6.07) is 7.88. The highest BCUT2D eigenvalue weighted by Crippen LogP contribution is 2.12. The molecule has 4 heteroatoms. The van der Waals surface area contributed by atoms with E-state index in [1.165, 1.54) is 0 Å². The molecule has 0 unspecified atom stereocenters. The Kier molecular flexibility index (Phi) is 5.46. The Balaban J connectivity index is 2.76. The van der Waals surface area contributed by atoms with Crippen molar-refractivity contribution in [3.8, 4) is 11.9 Å². The van der Waals surface area contributed by atoms with Crippen LogP contribution in [-0.2, 0) is 0 Å². The zero-order chi connectivity index (χ0) is 13.4. The minimum atomic E-state index is 0.234. The summed E-state index contributed by atoms with van der Waals surface area (Å²) in [5.41, 5.74) is 1.02. The van der Waals surface area contributed by atoms with Crippen LogP contribution < -0.4 is 10.1 Å². The molecule has 0 aliphatic carbocycles. The van der Waals surface area contributed by atoms with E-state index in [1.807, 2.05) is 44.2 Å². The van der Waals surface area contributed by atoms with E-state index in [0.29, 0.717) is 5.84 Å². The van der Waals surface area contributed by atoms with E-state index in [9.17, 15) is 0 Å². The van der Waals surface area contributed by atoms with E-state index in [1.54, 1.807) is 19.4 Å². The molecule has 1 rings (SSSR count). The molecule has 0 aromatic heterocycles. The minimum Gasteiger partial charge on any atom is -0.497 e. The molecule has 0 aliphatic rings. The molecule has 1 N–H and O–H groups in total. The van der Waals surface area contributed by atoms with Crippen LogP contribution in [0.5, 0.6) is 5.75 Å². The highest BCUT2D eigenvalue weighted by Gasteiger charge is 1.97. The van der Waals surface area contributed by atoms with Crippen molar-refractivity contribution in [2.24, 2.45) is 4.99 Å². The zero-order valence-electron chi connectivity index (χ0n) is 10.8. The van der Waals surface area contributed by atoms with E-state index in [-0.39, 0.29) is 6.04 Å². The lowest BCUT2D eigenvalue weighted by Gasteiger charge is -2.07. The second kappa shape index (κ2) is 7.13. The predicted octanol–water partition coefficient (Wildman–Crippen LogP) is 2.59. The summed E-state index contributed by atoms with van der Waals surface area (Å²) in [4.78, 5) is 3.71. The maximum atomic E-state index is 8.59. The van der Waals surface area contributed by atoms with Crippen LogP contribution in [0.4, 0.5) is 0 Å². The Morgan fingerprint density at radius 3 is 2.56 bits per heavy atom. The fourth-order valence-electron chi connectivity index (χ4n) is 1.36. The molecule has 0 heterocycles. The number of amidine groups is 1. The molecule has 1 aromatic rings. The van der Waals surface area contributed by atoms with Crippen molar-refractivity contribution in [1.29, 1.82) is 5.26 Å². The lowest BCUT2D eigenvalue weighted by atomic mass is 10.2. The topological polar surface area (TPSA) is 57.4 Å². The van der Waals surface area contributed by atoms with E-state index >= 15 is 0 Å². The Labute approximate surface area is 108 Å². The third kappa shape index (κ3) is 4.71. The Bertz CT molecular complexity index is 467. The van der Waals surface area contributed by atoms with Gasteiger partial charge < -0.3 is 10.1 Å². The Morgan fingerprint density at radius 1 is 1.39 bits per heavy atom. The van der Waals surface area contributed by atoms with Crippen LogP contribution in [0.3, 0.4) is 0 Å². The van der Waals surface area contributed by atoms with Crippen LogP contribution in [0.1, 0.15) is 19.4 Å². The summed E-state index contributed by atoms with van der Waals surface area (Å²) in [6.45, 7) is 3.99. The van der Waals surface area contributed by atoms with Gasteiger partial charge in [-0.25, -0.2) is 0 Å². The summed E-state index contributed by atoms with van der Waals surface area (Å²) in [5.74, 6) is 1.38. The van der Waals surface area contributed by atoms with Gasteiger partial charge in [0.25, 0.3) is 0 Å². The molecule has 0 amide bonds. The standard InChI is InChI=1S/C14H17N3O/c1-11(2)17-14(16-10-15)9-6-12-4-7-13(18-3)8-5-12/h4-9,11H,1-3H3,(H,16,17). The Hall–Kier alpha value is -2.28. The van der Waals surface area contributed by atoms with Gasteiger partial charge in [0, 0.05) is 6.04 Å². The molecule has 0 saturated carbocycles. The highest BCUT2D eigenvalue weighted by atomic mass is 16.5. The average Bonchev–Trinajstić information content (AvgIpc) is 2.36. The lowest BCUT2D eigenvalue weighted by Crippen LogP contribution is -2.28. The smallest absolute Gasteiger partial charge is 0.207 e. The quantitative estimate of drug-likeness (QED) is 0.502. The number of aliphatic imine (C=N–C) groups is 1. The van der Waals surface area contributed by atoms with Crippen molar-refractivity contribution in [1.82, 2.24) is 5.32 Å². The van der Waals surface area contributed by atoms with Crippen molar-refractivity contribution in [3.63, 3.8) is 0 Å². The van der Waals surface area contributed by atoms with Crippen molar-refractivity contribution in [2.75, 3.05) is 7.11 Å². The SMILES string of the molecule is COc1ccc(C=CC(=NC#N)NC(C)C)cc1. The van der Waals surface area contributed by atoms with Crippen molar-refractivity contribution < 1.29 is 4.74 Å². The minimum absolute atomic E-state index is 0.234. The molecular formula is C14H17N3O. The van der Waals surface area contributed by atoms with Crippen molar-refractivity contribution in [2.45, 2.75) is 19.9 Å². The lowest BCUT2D eigenvalue weighted by molar-refractivity contribution is 0.415. The Morgan fingerprint density at radius 2 is 2.06 bits per heavy atom. The summed E-state index contributed by atoms with van der Waals surface area (Å²) in [7, 11) is 1.63. The normalized spacial score (nSPS) is 11.6. The zero-order valence-corrected chi connectivity index (χ0v) is 10.8. The summed E-state index contributed by atoms with van der Waals surface area (Å²) in [6.07, 6.45) is 5.46. The summed E-state index contributed by atoms with van der Waals surface area (Å²) in [5, 5.41) is 11.7. The van der Waals surface area contributed by atoms with Gasteiger partial charge in [0.15, 0.2) is 0 Å². The monoisotopic (exact) mass is 243 g/mol. The number of hydrogen-bond donors (Lipinski definition) is 1. The van der Waals surface area contributed by atoms with Gasteiger partial charge in [-0.15, -0.1) is 0 Å². The summed E-state index contributed by atoms with van der Waals surface area (Å²) < 4.78 is 5.08. The molecule has 94 valence electrons. The van der Waals surface area contributed by atoms with Crippen LogP contribution in [0.15, 0.2) is 35.3 Å². The van der Waals surface area contributed by atoms with Crippen LogP contribution in [0.25, 0.3) is 6.08 Å². The third-order valence-electron chi connectivity index (χ3n) is 2.16. The van der Waals surface area contributed by atoms with Gasteiger partial charge in [0.2, 0.25) is 6.19 Å². The van der Waals surface area contributed by atoms with Crippen molar-refractivity contribution >= 4 is 11.9 Å². The third-order valence-corrected chi connectivity index (χ3v) is 2.16. The van der Waals surface area contributed by atoms with Gasteiger partial charge in [-0.3, -0.25) is 0 Å². The first-order valence-corrected chi connectivity index (χ1v) is 5.71. The number of nitrogens with one attached hydrogen (secondary N) is 1. The number of nitrogens with zero attached hydrogens (tertiary/aromatic N) is 2. The molecule has 0 aliphatic heterocycles. The average molecular weight is 243 g/mol. The maximum absolute atomic E-state index is 8.59. The van der Waals surface area contributed by atoms with Crippen LogP contribution in [0, 0.1) is 11.5 Å². The van der Waals surface area contributed by atoms with Crippen LogP contribution in [-0.4, -0.2) is 19.0 Å². The summed E-state index contributed by atoms with van der Waals surface area (Å²) >= 11 is 0. The number of methoxy groups -OCH3 is 1. The molecule has 0 atom stereocenters. The number of hydrogen-bond acceptors (Lipinski definition) is 3. The molecule has 0 bridgehead atoms. The molecule has 0 fully saturated rings. The largest absolute Gasteiger partial charge is 0.497 e. The fraction of sp³-hybridized carbons (Fsp3) is 0.286. The first-order chi connectivity index (χ1) is 8.65. The van der Waals surface area contributed by atoms with E-state index in [4.69, 9.17) is 10.00 Å². The molecule has 0 radical (unpaired) electrons. The van der Waals surface area contributed by atoms with Gasteiger partial charge in [0.05, 0.1) is 7.11 Å². The van der Waals surface area contributed by atoms with E-state index in [0.717, 1.165) is 11.3 Å². The second-order valence-electron chi connectivity index (χ2n) is 4.00. The van der Waals surface area contributed by atoms with Gasteiger partial charge in [-0.1, -0.05) is 18.2 Å². The van der Waals surface area contributed by atoms with Gasteiger partial charge in [-0.2, -0.15) is 10.3 Å². The van der Waals surface area contributed by atoms with Crippen LogP contribution in [0.2, 0.25) is 0 Å². The second-order valence-corrected chi connectivity index (χ2v) is 4.00. The number of rotatable bonds is 4. The first kappa shape index (κ1) is 13.8. The first-order valence-electron chi connectivity index (χ1n) is 5.71. The number of ether oxygens (including phenoxy) is 1. The predicted molar refractivity (Wildman–Crippen MR) is 73.3 cm³/mol. The van der Waals surface area contributed by atoms with Crippen molar-refractivity contribution in [3.05, 3.63) is 35.9 Å². The number of nitriles is 1. The van der Waals surface area contributed by atoms with E-state index < -0.39 is 0 Å². The molecule has 4 nitrogen and oxygen atoms in total. The molecule has 0 saturated heterocycles. The van der Waals surface area contributed by atoms with Gasteiger partial charge in [0.1, 0.15) is 11.6 Å². The maximum Gasteiger partial charge on any atom is 0.207 e. The highest BCUT2D eigenvalue weighted by molar-refractivity contribution is 5.97. The van der Waals surface area contributed by atoms with Crippen LogP contribution >= 0.6 is 0 Å². The van der Waals surface area contributed by atoms with Gasteiger partial charge in [-0.05, 0) is 37.6 Å². The van der Waals surface area contributed by atoms with Gasteiger partial charge >= 0.3 is 0 Å². The number of benzene rings is 1. The molecule has 18 heavy (non-hydrogen) atoms. The molecular weight excluding hydrogens is 226 g/mol. The van der Waals surface area contributed by atoms with E-state index in [2.05, 4.69) is 10.3 Å². The molecule has 1 aromatic carbocycles. The fourth-order valence-corrected chi connectivity index (χ4v) is 1.36. The molecule has 0 spiro atoms.